The zero-order valence-electron chi connectivity index (χ0n) is 16.1. The third-order valence-corrected chi connectivity index (χ3v) is 4.37. The average Bonchev–Trinajstić information content (AvgIpc) is 2.60. The fraction of sp³-hybridized carbons (Fsp3) is 0.524. The van der Waals surface area contributed by atoms with Crippen LogP contribution >= 0.6 is 0 Å². The summed E-state index contributed by atoms with van der Waals surface area (Å²) in [5.41, 5.74) is 4.87. The van der Waals surface area contributed by atoms with Crippen LogP contribution in [0.5, 0.6) is 5.75 Å². The molecule has 0 radical (unpaired) electrons. The Bertz CT molecular complexity index is 670. The van der Waals surface area contributed by atoms with Crippen LogP contribution < -0.4 is 10.1 Å². The van der Waals surface area contributed by atoms with Crippen molar-refractivity contribution in [3.8, 4) is 5.75 Å². The Labute approximate surface area is 152 Å². The van der Waals surface area contributed by atoms with Crippen LogP contribution in [0.4, 0.5) is 5.82 Å². The average molecular weight is 341 g/mol. The molecular formula is C21H31N3O. The summed E-state index contributed by atoms with van der Waals surface area (Å²) < 4.78 is 5.94. The molecule has 0 saturated heterocycles. The molecule has 0 spiro atoms. The summed E-state index contributed by atoms with van der Waals surface area (Å²) in [7, 11) is 0. The van der Waals surface area contributed by atoms with E-state index >= 15 is 0 Å². The molecule has 4 heteroatoms. The molecule has 4 nitrogen and oxygen atoms in total. The molecule has 0 bridgehead atoms. The van der Waals surface area contributed by atoms with Gasteiger partial charge in [0, 0.05) is 11.3 Å². The standard InChI is InChI=1S/C21H31N3O/c1-5-7-9-19-17(4)23-15-24-21(19)22-12-13-25-20-11-10-18(8-6-2)14-16(20)3/h10-11,14-15H,5-9,12-13H2,1-4H3,(H,22,23,24). The number of aryl methyl sites for hydroxylation is 3. The van der Waals surface area contributed by atoms with E-state index in [2.05, 4.69) is 61.2 Å². The Balaban J connectivity index is 1.88. The van der Waals surface area contributed by atoms with Gasteiger partial charge in [0.05, 0.1) is 6.54 Å². The number of hydrogen-bond acceptors (Lipinski definition) is 4. The molecule has 0 aliphatic carbocycles. The van der Waals surface area contributed by atoms with Crippen LogP contribution in [0.3, 0.4) is 0 Å². The van der Waals surface area contributed by atoms with E-state index < -0.39 is 0 Å². The van der Waals surface area contributed by atoms with Gasteiger partial charge in [0.2, 0.25) is 0 Å². The van der Waals surface area contributed by atoms with Crippen molar-refractivity contribution >= 4 is 5.82 Å². The van der Waals surface area contributed by atoms with Crippen molar-refractivity contribution in [1.82, 2.24) is 9.97 Å². The van der Waals surface area contributed by atoms with E-state index in [1.165, 1.54) is 29.5 Å². The Kier molecular flexibility index (Phi) is 7.71. The Morgan fingerprint density at radius 1 is 1.04 bits per heavy atom. The molecule has 136 valence electrons. The summed E-state index contributed by atoms with van der Waals surface area (Å²) >= 11 is 0. The number of rotatable bonds is 10. The maximum Gasteiger partial charge on any atom is 0.132 e. The van der Waals surface area contributed by atoms with Gasteiger partial charge in [-0.05, 0) is 50.3 Å². The third kappa shape index (κ3) is 5.73. The normalized spacial score (nSPS) is 10.7. The summed E-state index contributed by atoms with van der Waals surface area (Å²) in [5.74, 6) is 1.91. The Hall–Kier alpha value is -2.10. The van der Waals surface area contributed by atoms with Crippen molar-refractivity contribution in [2.24, 2.45) is 0 Å². The van der Waals surface area contributed by atoms with Gasteiger partial charge in [0.15, 0.2) is 0 Å². The Morgan fingerprint density at radius 2 is 1.88 bits per heavy atom. The molecule has 0 fully saturated rings. The van der Waals surface area contributed by atoms with E-state index in [4.69, 9.17) is 4.74 Å². The van der Waals surface area contributed by atoms with Gasteiger partial charge in [-0.1, -0.05) is 38.8 Å². The molecule has 1 aromatic carbocycles. The number of nitrogens with zero attached hydrogens (tertiary/aromatic N) is 2. The van der Waals surface area contributed by atoms with Crippen molar-refractivity contribution in [3.05, 3.63) is 46.9 Å². The maximum absolute atomic E-state index is 5.94. The minimum atomic E-state index is 0.615. The first-order valence-corrected chi connectivity index (χ1v) is 9.42. The largest absolute Gasteiger partial charge is 0.491 e. The van der Waals surface area contributed by atoms with Crippen molar-refractivity contribution in [2.75, 3.05) is 18.5 Å². The summed E-state index contributed by atoms with van der Waals surface area (Å²) in [4.78, 5) is 8.73. The number of anilines is 1. The molecule has 1 N–H and O–H groups in total. The summed E-state index contributed by atoms with van der Waals surface area (Å²) in [6.07, 6.45) is 7.26. The van der Waals surface area contributed by atoms with Crippen molar-refractivity contribution in [3.63, 3.8) is 0 Å². The maximum atomic E-state index is 5.94. The highest BCUT2D eigenvalue weighted by molar-refractivity contribution is 5.45. The van der Waals surface area contributed by atoms with Gasteiger partial charge in [-0.15, -0.1) is 0 Å². The van der Waals surface area contributed by atoms with E-state index in [0.717, 1.165) is 43.1 Å². The zero-order valence-corrected chi connectivity index (χ0v) is 16.1. The predicted molar refractivity (Wildman–Crippen MR) is 105 cm³/mol. The topological polar surface area (TPSA) is 47.0 Å². The van der Waals surface area contributed by atoms with Crippen LogP contribution in [-0.4, -0.2) is 23.1 Å². The van der Waals surface area contributed by atoms with Gasteiger partial charge >= 0.3 is 0 Å². The summed E-state index contributed by atoms with van der Waals surface area (Å²) in [6, 6.07) is 6.47. The molecule has 25 heavy (non-hydrogen) atoms. The van der Waals surface area contributed by atoms with E-state index in [1.807, 2.05) is 0 Å². The number of nitrogens with one attached hydrogen (secondary N) is 1. The minimum Gasteiger partial charge on any atom is -0.491 e. The highest BCUT2D eigenvalue weighted by atomic mass is 16.5. The predicted octanol–water partition coefficient (Wildman–Crippen LogP) is 4.88. The fourth-order valence-corrected chi connectivity index (χ4v) is 2.95. The number of hydrogen-bond donors (Lipinski definition) is 1. The van der Waals surface area contributed by atoms with Gasteiger partial charge < -0.3 is 10.1 Å². The van der Waals surface area contributed by atoms with Crippen LogP contribution in [0.2, 0.25) is 0 Å². The molecule has 0 amide bonds. The third-order valence-electron chi connectivity index (χ3n) is 4.37. The molecular weight excluding hydrogens is 310 g/mol. The van der Waals surface area contributed by atoms with Crippen molar-refractivity contribution in [1.29, 1.82) is 0 Å². The van der Waals surface area contributed by atoms with E-state index in [9.17, 15) is 0 Å². The smallest absolute Gasteiger partial charge is 0.132 e. The van der Waals surface area contributed by atoms with Gasteiger partial charge in [-0.25, -0.2) is 9.97 Å². The lowest BCUT2D eigenvalue weighted by molar-refractivity contribution is 0.330. The first kappa shape index (κ1) is 19.2. The van der Waals surface area contributed by atoms with Crippen molar-refractivity contribution in [2.45, 2.75) is 59.8 Å². The molecule has 2 aromatic rings. The second kappa shape index (κ2) is 10.0. The second-order valence-corrected chi connectivity index (χ2v) is 6.51. The number of benzene rings is 1. The molecule has 0 atom stereocenters. The molecule has 2 rings (SSSR count). The number of ether oxygens (including phenoxy) is 1. The first-order valence-electron chi connectivity index (χ1n) is 9.42. The molecule has 0 unspecified atom stereocenters. The first-order chi connectivity index (χ1) is 12.2. The molecule has 0 aliphatic rings. The van der Waals surface area contributed by atoms with Crippen LogP contribution in [0.1, 0.15) is 55.5 Å². The SMILES string of the molecule is CCCCc1c(C)ncnc1NCCOc1ccc(CCC)cc1C. The lowest BCUT2D eigenvalue weighted by Gasteiger charge is -2.14. The Morgan fingerprint density at radius 3 is 2.60 bits per heavy atom. The number of aromatic nitrogens is 2. The van der Waals surface area contributed by atoms with Gasteiger partial charge in [0.1, 0.15) is 24.5 Å². The zero-order chi connectivity index (χ0) is 18.1. The monoisotopic (exact) mass is 341 g/mol. The molecule has 1 heterocycles. The van der Waals surface area contributed by atoms with Crippen LogP contribution in [0.25, 0.3) is 0 Å². The summed E-state index contributed by atoms with van der Waals surface area (Å²) in [6.45, 7) is 9.91. The molecule has 0 saturated carbocycles. The van der Waals surface area contributed by atoms with Gasteiger partial charge in [-0.3, -0.25) is 0 Å². The van der Waals surface area contributed by atoms with E-state index in [0.29, 0.717) is 6.61 Å². The van der Waals surface area contributed by atoms with Gasteiger partial charge in [0.25, 0.3) is 0 Å². The van der Waals surface area contributed by atoms with Crippen LogP contribution in [-0.2, 0) is 12.8 Å². The van der Waals surface area contributed by atoms with Crippen molar-refractivity contribution < 1.29 is 4.74 Å². The van der Waals surface area contributed by atoms with Gasteiger partial charge in [-0.2, -0.15) is 0 Å². The lowest BCUT2D eigenvalue weighted by Crippen LogP contribution is -2.15. The van der Waals surface area contributed by atoms with E-state index in [1.54, 1.807) is 6.33 Å². The lowest BCUT2D eigenvalue weighted by atomic mass is 10.1. The quantitative estimate of drug-likeness (QED) is 0.626. The van der Waals surface area contributed by atoms with Crippen LogP contribution in [0.15, 0.2) is 24.5 Å². The molecule has 0 aliphatic heterocycles. The molecule has 1 aromatic heterocycles. The highest BCUT2D eigenvalue weighted by Gasteiger charge is 2.08. The minimum absolute atomic E-state index is 0.615. The second-order valence-electron chi connectivity index (χ2n) is 6.51. The summed E-state index contributed by atoms with van der Waals surface area (Å²) in [5, 5.41) is 3.41. The van der Waals surface area contributed by atoms with Crippen LogP contribution in [0, 0.1) is 13.8 Å². The fourth-order valence-electron chi connectivity index (χ4n) is 2.95. The highest BCUT2D eigenvalue weighted by Crippen LogP contribution is 2.20. The number of unbranched alkanes of at least 4 members (excludes halogenated alkanes) is 1. The van der Waals surface area contributed by atoms with E-state index in [-0.39, 0.29) is 0 Å².